The monoisotopic (exact) mass is 871 g/mol. The molecule has 0 aliphatic heterocycles. The third kappa shape index (κ3) is 48.7. The van der Waals surface area contributed by atoms with Crippen molar-refractivity contribution in [2.24, 2.45) is 0 Å². The van der Waals surface area contributed by atoms with Gasteiger partial charge in [-0.15, -0.1) is 0 Å². The number of unbranched alkanes of at least 4 members (excludes halogenated alkanes) is 15. The Morgan fingerprint density at radius 3 is 1.17 bits per heavy atom. The summed E-state index contributed by atoms with van der Waals surface area (Å²) in [5.41, 5.74) is 0. The molecule has 0 bridgehead atoms. The van der Waals surface area contributed by atoms with Crippen LogP contribution in [0.25, 0.3) is 0 Å². The van der Waals surface area contributed by atoms with E-state index >= 15 is 0 Å². The normalized spacial score (nSPS) is 13.1. The van der Waals surface area contributed by atoms with E-state index in [1.807, 2.05) is 0 Å². The van der Waals surface area contributed by atoms with Crippen molar-refractivity contribution in [3.05, 3.63) is 122 Å². The Balaban J connectivity index is 4.51. The highest BCUT2D eigenvalue weighted by molar-refractivity contribution is 5.71. The standard InChI is InChI=1S/C57H90O6/c1-4-7-10-13-16-19-22-24-26-28-29-31-32-35-38-41-44-47-50-56(59)62-53-54(52-61-55(58)49-46-43-40-37-34-21-18-15-12-9-6-3)63-57(60)51-48-45-42-39-36-33-30-27-25-23-20-17-14-11-8-5-2/h8-9,11-12,16-22,24-29,31,37,40,54H,4-7,10,13-15,23,30,32-36,38-39,41-53H2,1-3H3/b11-8-,12-9-,19-16-,20-17-,21-18-,24-22-,27-25-,28-26-,31-29-,40-37-. The molecule has 0 spiro atoms. The molecule has 0 rings (SSSR count). The van der Waals surface area contributed by atoms with Crippen LogP contribution in [0.4, 0.5) is 0 Å². The Hall–Kier alpha value is -4.19. The van der Waals surface area contributed by atoms with Gasteiger partial charge < -0.3 is 14.2 Å². The summed E-state index contributed by atoms with van der Waals surface area (Å²) in [7, 11) is 0. The Labute approximate surface area is 386 Å². The lowest BCUT2D eigenvalue weighted by Gasteiger charge is -2.18. The van der Waals surface area contributed by atoms with Gasteiger partial charge in [-0.3, -0.25) is 14.4 Å². The van der Waals surface area contributed by atoms with Crippen LogP contribution >= 0.6 is 0 Å². The molecule has 6 nitrogen and oxygen atoms in total. The molecule has 0 N–H and O–H groups in total. The zero-order valence-electron chi connectivity index (χ0n) is 40.3. The summed E-state index contributed by atoms with van der Waals surface area (Å²) >= 11 is 0. The lowest BCUT2D eigenvalue weighted by atomic mass is 10.1. The molecule has 0 aromatic rings. The summed E-state index contributed by atoms with van der Waals surface area (Å²) in [6.07, 6.45) is 69.0. The molecule has 0 amide bonds. The van der Waals surface area contributed by atoms with Crippen LogP contribution < -0.4 is 0 Å². The van der Waals surface area contributed by atoms with Crippen molar-refractivity contribution in [3.63, 3.8) is 0 Å². The van der Waals surface area contributed by atoms with E-state index in [4.69, 9.17) is 14.2 Å². The van der Waals surface area contributed by atoms with Crippen LogP contribution in [0.3, 0.4) is 0 Å². The molecule has 0 fully saturated rings. The largest absolute Gasteiger partial charge is 0.462 e. The minimum Gasteiger partial charge on any atom is -0.462 e. The summed E-state index contributed by atoms with van der Waals surface area (Å²) in [6.45, 7) is 6.27. The Bertz CT molecular complexity index is 1370. The average Bonchev–Trinajstić information content (AvgIpc) is 3.28. The van der Waals surface area contributed by atoms with Gasteiger partial charge >= 0.3 is 17.9 Å². The SMILES string of the molecule is CC/C=C\C/C=C\C/C=C\CCCCCCCCC(=O)OC(COC(=O)CCC/C=C\C/C=C\C/C=C\CC)COC(=O)CCCCCCC\C=C/C=C\C=C/C=C\CCCCC. The fourth-order valence-electron chi connectivity index (χ4n) is 6.31. The molecule has 0 aliphatic rings. The summed E-state index contributed by atoms with van der Waals surface area (Å²) in [5.74, 6) is -1.02. The van der Waals surface area contributed by atoms with E-state index in [1.54, 1.807) is 0 Å². The van der Waals surface area contributed by atoms with E-state index in [1.165, 1.54) is 32.1 Å². The third-order valence-corrected chi connectivity index (χ3v) is 10.0. The number of esters is 3. The maximum atomic E-state index is 12.8. The molecule has 0 aromatic carbocycles. The zero-order chi connectivity index (χ0) is 45.8. The van der Waals surface area contributed by atoms with Crippen LogP contribution in [0.1, 0.15) is 201 Å². The number of hydrogen-bond acceptors (Lipinski definition) is 6. The molecule has 0 saturated carbocycles. The molecule has 0 aromatic heterocycles. The van der Waals surface area contributed by atoms with Gasteiger partial charge in [-0.1, -0.05) is 200 Å². The summed E-state index contributed by atoms with van der Waals surface area (Å²) in [6, 6.07) is 0. The predicted octanol–water partition coefficient (Wildman–Crippen LogP) is 16.5. The quantitative estimate of drug-likeness (QED) is 0.0200. The average molecular weight is 871 g/mol. The van der Waals surface area contributed by atoms with E-state index in [9.17, 15) is 14.4 Å². The van der Waals surface area contributed by atoms with Crippen LogP contribution in [0, 0.1) is 0 Å². The highest BCUT2D eigenvalue weighted by Gasteiger charge is 2.19. The third-order valence-electron chi connectivity index (χ3n) is 10.0. The Kier molecular flexibility index (Phi) is 47.1. The maximum absolute atomic E-state index is 12.8. The Morgan fingerprint density at radius 2 is 0.698 bits per heavy atom. The second kappa shape index (κ2) is 50.5. The molecular weight excluding hydrogens is 781 g/mol. The summed E-state index contributed by atoms with van der Waals surface area (Å²) < 4.78 is 16.7. The first-order chi connectivity index (χ1) is 31.0. The minimum absolute atomic E-state index is 0.115. The first kappa shape index (κ1) is 58.8. The molecular formula is C57H90O6. The molecule has 63 heavy (non-hydrogen) atoms. The molecule has 354 valence electrons. The van der Waals surface area contributed by atoms with E-state index in [0.717, 1.165) is 122 Å². The van der Waals surface area contributed by atoms with Crippen molar-refractivity contribution in [2.45, 2.75) is 207 Å². The highest BCUT2D eigenvalue weighted by atomic mass is 16.6. The lowest BCUT2D eigenvalue weighted by Crippen LogP contribution is -2.30. The van der Waals surface area contributed by atoms with Gasteiger partial charge in [0.25, 0.3) is 0 Å². The predicted molar refractivity (Wildman–Crippen MR) is 269 cm³/mol. The van der Waals surface area contributed by atoms with Crippen molar-refractivity contribution in [1.29, 1.82) is 0 Å². The number of rotatable bonds is 43. The first-order valence-corrected chi connectivity index (χ1v) is 25.1. The van der Waals surface area contributed by atoms with Gasteiger partial charge in [0.05, 0.1) is 0 Å². The number of hydrogen-bond donors (Lipinski definition) is 0. The lowest BCUT2D eigenvalue weighted by molar-refractivity contribution is -0.167. The molecule has 0 heterocycles. The molecule has 0 radical (unpaired) electrons. The van der Waals surface area contributed by atoms with Crippen molar-refractivity contribution in [3.8, 4) is 0 Å². The zero-order valence-corrected chi connectivity index (χ0v) is 40.3. The molecule has 0 saturated heterocycles. The van der Waals surface area contributed by atoms with E-state index < -0.39 is 6.10 Å². The van der Waals surface area contributed by atoms with Gasteiger partial charge in [0.2, 0.25) is 0 Å². The Morgan fingerprint density at radius 1 is 0.349 bits per heavy atom. The highest BCUT2D eigenvalue weighted by Crippen LogP contribution is 2.12. The van der Waals surface area contributed by atoms with Gasteiger partial charge in [0.15, 0.2) is 6.10 Å². The van der Waals surface area contributed by atoms with Gasteiger partial charge in [-0.05, 0) is 103 Å². The fraction of sp³-hybridized carbons (Fsp3) is 0.596. The number of allylic oxidation sites excluding steroid dienone is 20. The van der Waals surface area contributed by atoms with Gasteiger partial charge in [0.1, 0.15) is 13.2 Å². The number of ether oxygens (including phenoxy) is 3. The summed E-state index contributed by atoms with van der Waals surface area (Å²) in [5, 5.41) is 0. The van der Waals surface area contributed by atoms with Crippen molar-refractivity contribution < 1.29 is 28.6 Å². The van der Waals surface area contributed by atoms with Crippen LogP contribution in [0.2, 0.25) is 0 Å². The van der Waals surface area contributed by atoms with E-state index in [0.29, 0.717) is 19.3 Å². The van der Waals surface area contributed by atoms with Crippen LogP contribution in [-0.4, -0.2) is 37.2 Å². The molecule has 6 heteroatoms. The van der Waals surface area contributed by atoms with Crippen LogP contribution in [-0.2, 0) is 28.6 Å². The molecule has 0 aliphatic carbocycles. The number of carbonyl (C=O) groups excluding carboxylic acids is 3. The van der Waals surface area contributed by atoms with Crippen LogP contribution in [0.5, 0.6) is 0 Å². The fourth-order valence-corrected chi connectivity index (χ4v) is 6.31. The van der Waals surface area contributed by atoms with E-state index in [2.05, 4.69) is 142 Å². The number of carbonyl (C=O) groups is 3. The van der Waals surface area contributed by atoms with Crippen LogP contribution in [0.15, 0.2) is 122 Å². The summed E-state index contributed by atoms with van der Waals surface area (Å²) in [4.78, 5) is 37.9. The molecule has 1 atom stereocenters. The van der Waals surface area contributed by atoms with Gasteiger partial charge in [0, 0.05) is 19.3 Å². The second-order valence-electron chi connectivity index (χ2n) is 16.0. The van der Waals surface area contributed by atoms with E-state index in [-0.39, 0.29) is 37.5 Å². The van der Waals surface area contributed by atoms with Crippen molar-refractivity contribution in [2.75, 3.05) is 13.2 Å². The first-order valence-electron chi connectivity index (χ1n) is 25.1. The van der Waals surface area contributed by atoms with Gasteiger partial charge in [-0.25, -0.2) is 0 Å². The topological polar surface area (TPSA) is 78.9 Å². The van der Waals surface area contributed by atoms with Gasteiger partial charge in [-0.2, -0.15) is 0 Å². The smallest absolute Gasteiger partial charge is 0.306 e. The second-order valence-corrected chi connectivity index (χ2v) is 16.0. The van der Waals surface area contributed by atoms with Crippen molar-refractivity contribution >= 4 is 17.9 Å². The van der Waals surface area contributed by atoms with Crippen molar-refractivity contribution in [1.82, 2.24) is 0 Å². The maximum Gasteiger partial charge on any atom is 0.306 e. The molecule has 1 unspecified atom stereocenters. The minimum atomic E-state index is -0.818.